The summed E-state index contributed by atoms with van der Waals surface area (Å²) in [5, 5.41) is 9.00. The molecule has 0 aromatic heterocycles. The molecule has 2 aromatic rings. The van der Waals surface area contributed by atoms with E-state index < -0.39 is 12.0 Å². The van der Waals surface area contributed by atoms with Crippen LogP contribution in [0.25, 0.3) is 0 Å². The van der Waals surface area contributed by atoms with Crippen LogP contribution in [0.3, 0.4) is 0 Å². The van der Waals surface area contributed by atoms with Gasteiger partial charge in [0.25, 0.3) is 0 Å². The molecule has 0 fully saturated rings. The van der Waals surface area contributed by atoms with Crippen molar-refractivity contribution in [2.24, 2.45) is 5.73 Å². The van der Waals surface area contributed by atoms with E-state index in [-0.39, 0.29) is 12.5 Å². The molecule has 27 heavy (non-hydrogen) atoms. The molecule has 0 saturated heterocycles. The maximum absolute atomic E-state index is 11.0. The van der Waals surface area contributed by atoms with E-state index in [0.717, 1.165) is 37.1 Å². The first kappa shape index (κ1) is 23.7. The summed E-state index contributed by atoms with van der Waals surface area (Å²) in [5.41, 5.74) is 6.51. The summed E-state index contributed by atoms with van der Waals surface area (Å²) in [6, 6.07) is 6.79. The van der Waals surface area contributed by atoms with Gasteiger partial charge in [-0.3, -0.25) is 4.79 Å². The Kier molecular flexibility index (Phi) is 9.14. The molecule has 2 rings (SSSR count). The zero-order valence-electron chi connectivity index (χ0n) is 14.4. The van der Waals surface area contributed by atoms with Crippen molar-refractivity contribution in [1.82, 2.24) is 0 Å². The van der Waals surface area contributed by atoms with E-state index in [9.17, 15) is 4.79 Å². The summed E-state index contributed by atoms with van der Waals surface area (Å²) < 4.78 is 15.8. The van der Waals surface area contributed by atoms with E-state index >= 15 is 0 Å². The maximum atomic E-state index is 11.0. The number of carboxylic acid groups (broad SMARTS) is 1. The number of rotatable bonds is 7. The summed E-state index contributed by atoms with van der Waals surface area (Å²) in [6.07, 6.45) is 0.379. The summed E-state index contributed by atoms with van der Waals surface area (Å²) >= 11 is 8.89. The van der Waals surface area contributed by atoms with Crippen molar-refractivity contribution in [3.05, 3.63) is 44.1 Å². The SMILES string of the molecule is CC(C)Oc1c(I)cc(Oc2c(I)cc(C[C@H](N)C(=O)O)cc2I)cc1I. The lowest BCUT2D eigenvalue weighted by atomic mass is 10.1. The first-order chi connectivity index (χ1) is 12.6. The van der Waals surface area contributed by atoms with Gasteiger partial charge in [-0.15, -0.1) is 0 Å². The van der Waals surface area contributed by atoms with Crippen molar-refractivity contribution >= 4 is 96.3 Å². The smallest absolute Gasteiger partial charge is 0.320 e. The highest BCUT2D eigenvalue weighted by Gasteiger charge is 2.17. The molecule has 5 nitrogen and oxygen atoms in total. The van der Waals surface area contributed by atoms with Crippen LogP contribution in [0.1, 0.15) is 19.4 Å². The van der Waals surface area contributed by atoms with E-state index in [2.05, 4.69) is 90.4 Å². The number of ether oxygens (including phenoxy) is 2. The second-order valence-corrected chi connectivity index (χ2v) is 10.7. The molecule has 0 radical (unpaired) electrons. The first-order valence-corrected chi connectivity index (χ1v) is 12.2. The van der Waals surface area contributed by atoms with Gasteiger partial charge in [0.1, 0.15) is 17.5 Å². The van der Waals surface area contributed by atoms with Crippen molar-refractivity contribution in [2.75, 3.05) is 0 Å². The molecule has 0 saturated carbocycles. The topological polar surface area (TPSA) is 81.8 Å². The number of aliphatic carboxylic acids is 1. The summed E-state index contributed by atoms with van der Waals surface area (Å²) in [6.45, 7) is 4.00. The molecule has 0 amide bonds. The van der Waals surface area contributed by atoms with Crippen molar-refractivity contribution in [1.29, 1.82) is 0 Å². The number of nitrogens with two attached hydrogens (primary N) is 1. The van der Waals surface area contributed by atoms with Crippen LogP contribution in [-0.4, -0.2) is 23.2 Å². The van der Waals surface area contributed by atoms with Gasteiger partial charge < -0.3 is 20.3 Å². The second kappa shape index (κ2) is 10.4. The third kappa shape index (κ3) is 6.70. The lowest BCUT2D eigenvalue weighted by Crippen LogP contribution is -2.32. The Morgan fingerprint density at radius 1 is 1.00 bits per heavy atom. The van der Waals surface area contributed by atoms with Crippen LogP contribution < -0.4 is 15.2 Å². The second-order valence-electron chi connectivity index (χ2n) is 6.02. The molecule has 146 valence electrons. The van der Waals surface area contributed by atoms with E-state index in [4.69, 9.17) is 20.3 Å². The Hall–Kier alpha value is 0.390. The minimum absolute atomic E-state index is 0.102. The normalized spacial score (nSPS) is 12.1. The van der Waals surface area contributed by atoms with Crippen LogP contribution in [0.4, 0.5) is 0 Å². The highest BCUT2D eigenvalue weighted by atomic mass is 127. The van der Waals surface area contributed by atoms with Crippen LogP contribution in [0.2, 0.25) is 0 Å². The average molecular weight is 819 g/mol. The van der Waals surface area contributed by atoms with Gasteiger partial charge in [0.2, 0.25) is 0 Å². The Bertz CT molecular complexity index is 811. The fourth-order valence-corrected chi connectivity index (χ4v) is 6.31. The number of hydrogen-bond donors (Lipinski definition) is 2. The van der Waals surface area contributed by atoms with E-state index in [1.165, 1.54) is 0 Å². The Morgan fingerprint density at radius 3 is 1.93 bits per heavy atom. The van der Waals surface area contributed by atoms with Crippen LogP contribution >= 0.6 is 90.4 Å². The summed E-state index contributed by atoms with van der Waals surface area (Å²) in [4.78, 5) is 11.0. The monoisotopic (exact) mass is 819 g/mol. The third-order valence-corrected chi connectivity index (χ3v) is 6.58. The van der Waals surface area contributed by atoms with Gasteiger partial charge in [0.05, 0.1) is 20.4 Å². The molecule has 1 atom stereocenters. The van der Waals surface area contributed by atoms with Crippen LogP contribution in [-0.2, 0) is 11.2 Å². The molecule has 0 spiro atoms. The third-order valence-electron chi connectivity index (χ3n) is 3.38. The van der Waals surface area contributed by atoms with Gasteiger partial charge in [-0.1, -0.05) is 0 Å². The minimum Gasteiger partial charge on any atom is -0.489 e. The van der Waals surface area contributed by atoms with Gasteiger partial charge in [0, 0.05) is 0 Å². The molecule has 0 aliphatic carbocycles. The van der Waals surface area contributed by atoms with Crippen molar-refractivity contribution in [3.63, 3.8) is 0 Å². The van der Waals surface area contributed by atoms with Crippen LogP contribution in [0, 0.1) is 14.3 Å². The number of carbonyl (C=O) groups is 1. The molecular weight excluding hydrogens is 802 g/mol. The lowest BCUT2D eigenvalue weighted by Gasteiger charge is -2.17. The number of benzene rings is 2. The molecule has 2 aromatic carbocycles. The van der Waals surface area contributed by atoms with E-state index in [0.29, 0.717) is 0 Å². The van der Waals surface area contributed by atoms with Gasteiger partial charge in [-0.05, 0) is 140 Å². The highest BCUT2D eigenvalue weighted by Crippen LogP contribution is 2.37. The van der Waals surface area contributed by atoms with Crippen LogP contribution in [0.15, 0.2) is 24.3 Å². The van der Waals surface area contributed by atoms with Gasteiger partial charge in [-0.25, -0.2) is 0 Å². The maximum Gasteiger partial charge on any atom is 0.320 e. The van der Waals surface area contributed by atoms with Gasteiger partial charge in [0.15, 0.2) is 5.75 Å². The molecule has 9 heteroatoms. The highest BCUT2D eigenvalue weighted by molar-refractivity contribution is 14.1. The minimum atomic E-state index is -1.01. The Morgan fingerprint density at radius 2 is 1.48 bits per heavy atom. The Balaban J connectivity index is 2.28. The van der Waals surface area contributed by atoms with Gasteiger partial charge >= 0.3 is 5.97 Å². The molecule has 0 aliphatic rings. The lowest BCUT2D eigenvalue weighted by molar-refractivity contribution is -0.138. The van der Waals surface area contributed by atoms with Crippen molar-refractivity contribution in [2.45, 2.75) is 32.4 Å². The van der Waals surface area contributed by atoms with Gasteiger partial charge in [-0.2, -0.15) is 0 Å². The molecule has 3 N–H and O–H groups in total. The predicted molar refractivity (Wildman–Crippen MR) is 139 cm³/mol. The first-order valence-electron chi connectivity index (χ1n) is 7.88. The summed E-state index contributed by atoms with van der Waals surface area (Å²) in [5.74, 6) is 1.33. The largest absolute Gasteiger partial charge is 0.489 e. The quantitative estimate of drug-likeness (QED) is 0.354. The average Bonchev–Trinajstić information content (AvgIpc) is 2.54. The Labute approximate surface area is 212 Å². The number of carboxylic acids is 1. The molecule has 0 unspecified atom stereocenters. The fraction of sp³-hybridized carbons (Fsp3) is 0.278. The van der Waals surface area contributed by atoms with Crippen molar-refractivity contribution in [3.8, 4) is 17.2 Å². The predicted octanol–water partition coefficient (Wildman–Crippen LogP) is 5.64. The number of halogens is 4. The van der Waals surface area contributed by atoms with E-state index in [1.54, 1.807) is 0 Å². The molecular formula is C18H17I4NO4. The summed E-state index contributed by atoms with van der Waals surface area (Å²) in [7, 11) is 0. The zero-order chi connectivity index (χ0) is 20.3. The molecule has 0 aliphatic heterocycles. The molecule has 0 bridgehead atoms. The van der Waals surface area contributed by atoms with Crippen molar-refractivity contribution < 1.29 is 19.4 Å². The fourth-order valence-electron chi connectivity index (χ4n) is 2.23. The molecule has 0 heterocycles. The van der Waals surface area contributed by atoms with Crippen LogP contribution in [0.5, 0.6) is 17.2 Å². The number of hydrogen-bond acceptors (Lipinski definition) is 4. The zero-order valence-corrected chi connectivity index (χ0v) is 23.1. The standard InChI is InChI=1S/C18H17I4NO4/c1-8(2)26-16-13(21)6-10(7-14(16)22)27-17-11(19)3-9(4-12(17)20)5-15(23)18(24)25/h3-4,6-8,15H,5,23H2,1-2H3,(H,24,25)/t15-/m0/s1. The van der Waals surface area contributed by atoms with E-state index in [1.807, 2.05) is 38.1 Å².